The van der Waals surface area contributed by atoms with E-state index in [0.29, 0.717) is 0 Å². The maximum atomic E-state index is 8.31. The molecule has 0 amide bonds. The van der Waals surface area contributed by atoms with Crippen LogP contribution in [0.15, 0.2) is 35.4 Å². The maximum absolute atomic E-state index is 8.31. The zero-order valence-electron chi connectivity index (χ0n) is 7.05. The maximum Gasteiger partial charge on any atom is 0.0645 e. The van der Waals surface area contributed by atoms with E-state index in [4.69, 9.17) is 9.64 Å². The number of nitrogens with zero attached hydrogens (tertiary/aromatic N) is 2. The highest BCUT2D eigenvalue weighted by molar-refractivity contribution is 5.34. The molecular weight excluding hydrogens is 100 g/mol. The van der Waals surface area contributed by atoms with Gasteiger partial charge < -0.3 is 10.6 Å². The van der Waals surface area contributed by atoms with E-state index in [1.54, 1.807) is 0 Å². The minimum Gasteiger partial charge on any atom is -0.706 e. The summed E-state index contributed by atoms with van der Waals surface area (Å²) in [6.45, 7) is 0. The first-order chi connectivity index (χ1) is 5.15. The van der Waals surface area contributed by atoms with E-state index in [2.05, 4.69) is 5.11 Å². The first kappa shape index (κ1) is 2.40. The molecule has 0 spiro atoms. The summed E-state index contributed by atoms with van der Waals surface area (Å²) in [6, 6.07) is 2.29. The van der Waals surface area contributed by atoms with E-state index >= 15 is 0 Å². The highest BCUT2D eigenvalue weighted by atomic mass is 14.9. The molecule has 2 nitrogen and oxygen atoms in total. The van der Waals surface area contributed by atoms with E-state index in [0.717, 1.165) is 0 Å². The van der Waals surface area contributed by atoms with Crippen molar-refractivity contribution in [2.24, 2.45) is 5.11 Å². The molecule has 0 atom stereocenters. The van der Waals surface area contributed by atoms with Crippen molar-refractivity contribution in [3.05, 3.63) is 35.8 Å². The van der Waals surface area contributed by atoms with Gasteiger partial charge in [0.1, 0.15) is 0 Å². The van der Waals surface area contributed by atoms with Gasteiger partial charge in [-0.05, 0) is 12.1 Å². The van der Waals surface area contributed by atoms with Gasteiger partial charge in [0, 0.05) is 5.69 Å². The molecule has 0 fully saturated rings. The molecule has 1 aromatic carbocycles. The molecule has 1 rings (SSSR count). The molecule has 0 heterocycles. The van der Waals surface area contributed by atoms with Crippen molar-refractivity contribution >= 4 is 5.69 Å². The number of hydrogen-bond acceptors (Lipinski definition) is 1. The van der Waals surface area contributed by atoms with E-state index in [1.165, 1.54) is 12.1 Å². The Bertz CT molecular complexity index is 275. The zero-order chi connectivity index (χ0) is 8.43. The van der Waals surface area contributed by atoms with Crippen molar-refractivity contribution < 1.29 is 4.11 Å². The summed E-state index contributed by atoms with van der Waals surface area (Å²) in [5.41, 5.74) is 8.22. The van der Waals surface area contributed by atoms with Gasteiger partial charge in [0.25, 0.3) is 0 Å². The second kappa shape index (κ2) is 2.21. The summed E-state index contributed by atoms with van der Waals surface area (Å²) in [5, 5.41) is 2.75. The predicted molar refractivity (Wildman–Crippen MR) is 31.9 cm³/mol. The molecule has 0 saturated carbocycles. The van der Waals surface area contributed by atoms with Crippen LogP contribution in [-0.2, 0) is 0 Å². The van der Waals surface area contributed by atoms with Crippen molar-refractivity contribution in [2.75, 3.05) is 0 Å². The van der Waals surface area contributed by atoms with E-state index in [-0.39, 0.29) is 23.8 Å². The minimum atomic E-state index is -0.106. The van der Waals surface area contributed by atoms with Crippen LogP contribution in [0.25, 0.3) is 5.53 Å². The summed E-state index contributed by atoms with van der Waals surface area (Å²) in [5.74, 6) is 0. The van der Waals surface area contributed by atoms with E-state index < -0.39 is 0 Å². The summed E-state index contributed by atoms with van der Waals surface area (Å²) in [7, 11) is 0. The van der Waals surface area contributed by atoms with Crippen LogP contribution >= 0.6 is 0 Å². The summed E-state index contributed by atoms with van der Waals surface area (Å²) in [4.78, 5) is 0. The van der Waals surface area contributed by atoms with Crippen LogP contribution in [-0.4, -0.2) is 0 Å². The van der Waals surface area contributed by atoms with Gasteiger partial charge in [0.2, 0.25) is 0 Å². The molecule has 0 bridgehead atoms. The van der Waals surface area contributed by atoms with E-state index in [9.17, 15) is 0 Å². The van der Waals surface area contributed by atoms with Gasteiger partial charge >= 0.3 is 0 Å². The van der Waals surface area contributed by atoms with Crippen molar-refractivity contribution in [1.82, 2.24) is 0 Å². The van der Waals surface area contributed by atoms with Crippen LogP contribution in [0.5, 0.6) is 0 Å². The number of rotatable bonds is 1. The van der Waals surface area contributed by atoms with Gasteiger partial charge in [-0.25, -0.2) is 0 Å². The van der Waals surface area contributed by atoms with E-state index in [1.807, 2.05) is 0 Å². The average molecular weight is 108 g/mol. The normalized spacial score (nSPS) is 13.8. The lowest BCUT2D eigenvalue weighted by Gasteiger charge is -1.91. The Morgan fingerprint density at radius 3 is 2.62 bits per heavy atom. The Balaban J connectivity index is 3.36. The molecule has 0 aliphatic rings. The largest absolute Gasteiger partial charge is 0.706 e. The molecule has 40 valence electrons. The molecule has 0 saturated heterocycles. The lowest BCUT2D eigenvalue weighted by atomic mass is 10.3. The zero-order valence-corrected chi connectivity index (χ0v) is 4.05. The lowest BCUT2D eigenvalue weighted by Crippen LogP contribution is -1.55. The molecule has 0 unspecified atom stereocenters. The molecule has 0 aliphatic carbocycles. The highest BCUT2D eigenvalue weighted by Gasteiger charge is 1.74. The highest BCUT2D eigenvalue weighted by Crippen LogP contribution is 2.07. The summed E-state index contributed by atoms with van der Waals surface area (Å²) >= 11 is 0. The summed E-state index contributed by atoms with van der Waals surface area (Å²) < 4.78 is 21.4. The molecule has 8 heavy (non-hydrogen) atoms. The quantitative estimate of drug-likeness (QED) is 0.495. The molecule has 2 heteroatoms. The van der Waals surface area contributed by atoms with Crippen LogP contribution in [0, 0.1) is 0 Å². The second-order valence-electron chi connectivity index (χ2n) is 1.19. The number of hydrogen-bond donors (Lipinski definition) is 0. The predicted octanol–water partition coefficient (Wildman–Crippen LogP) is 2.34. The fourth-order valence-electron chi connectivity index (χ4n) is 0.361. The molecule has 0 aromatic heterocycles. The van der Waals surface area contributed by atoms with Crippen molar-refractivity contribution in [3.8, 4) is 0 Å². The molecular formula is C6H5N2-. The van der Waals surface area contributed by atoms with Crippen LogP contribution in [0.1, 0.15) is 4.11 Å². The third-order valence-electron chi connectivity index (χ3n) is 0.684. The standard InChI is InChI=1S/C6H5N2/c7-8-6-4-2-1-3-5-6/h1-5H/q-1/i1D,4D,5D. The van der Waals surface area contributed by atoms with Crippen molar-refractivity contribution in [3.63, 3.8) is 0 Å². The average Bonchev–Trinajstić information content (AvgIpc) is 1.85. The molecule has 0 aliphatic heterocycles. The van der Waals surface area contributed by atoms with Gasteiger partial charge in [-0.1, -0.05) is 18.2 Å². The molecule has 1 aromatic rings. The Morgan fingerprint density at radius 1 is 1.50 bits per heavy atom. The van der Waals surface area contributed by atoms with Crippen molar-refractivity contribution in [1.29, 1.82) is 0 Å². The molecule has 0 radical (unpaired) electrons. The van der Waals surface area contributed by atoms with Gasteiger partial charge in [-0.15, -0.1) is 0 Å². The first-order valence-corrected chi connectivity index (χ1v) is 2.08. The third kappa shape index (κ3) is 0.904. The molecule has 0 N–H and O–H groups in total. The Kier molecular flexibility index (Phi) is 0.662. The topological polar surface area (TPSA) is 34.7 Å². The van der Waals surface area contributed by atoms with Crippen LogP contribution < -0.4 is 0 Å². The van der Waals surface area contributed by atoms with Gasteiger partial charge in [-0.2, -0.15) is 0 Å². The fraction of sp³-hybridized carbons (Fsp3) is 0. The fourth-order valence-corrected chi connectivity index (χ4v) is 0.361. The smallest absolute Gasteiger partial charge is 0.0645 e. The Morgan fingerprint density at radius 2 is 2.12 bits per heavy atom. The van der Waals surface area contributed by atoms with Crippen LogP contribution in [0.2, 0.25) is 0 Å². The lowest BCUT2D eigenvalue weighted by molar-refractivity contribution is 1.50. The van der Waals surface area contributed by atoms with Crippen LogP contribution in [0.3, 0.4) is 0 Å². The second-order valence-corrected chi connectivity index (χ2v) is 1.19. The summed E-state index contributed by atoms with van der Waals surface area (Å²) in [6.07, 6.45) is 0. The minimum absolute atomic E-state index is 0.0763. The first-order valence-electron chi connectivity index (χ1n) is 3.58. The van der Waals surface area contributed by atoms with Gasteiger partial charge in [-0.3, -0.25) is 0 Å². The van der Waals surface area contributed by atoms with Gasteiger partial charge in [0.05, 0.1) is 4.11 Å². The van der Waals surface area contributed by atoms with Gasteiger partial charge in [0.15, 0.2) is 0 Å². The SMILES string of the molecule is [2H]c1cc([2H])c(N=[N-])c([2H])c1. The third-order valence-corrected chi connectivity index (χ3v) is 0.684. The van der Waals surface area contributed by atoms with Crippen LogP contribution in [0.4, 0.5) is 5.69 Å². The Hall–Kier alpha value is -1.18. The Labute approximate surface area is 51.9 Å². The van der Waals surface area contributed by atoms with Crippen molar-refractivity contribution in [2.45, 2.75) is 0 Å². The number of benzene rings is 1. The monoisotopic (exact) mass is 108 g/mol.